The largest absolute Gasteiger partial charge is 0.444 e. The van der Waals surface area contributed by atoms with Crippen molar-refractivity contribution in [2.24, 2.45) is 0 Å². The van der Waals surface area contributed by atoms with E-state index < -0.39 is 16.7 Å². The molecule has 0 spiro atoms. The molecule has 1 amide bonds. The normalized spacial score (nSPS) is 23.3. The molecule has 2 N–H and O–H groups in total. The highest BCUT2D eigenvalue weighted by Gasteiger charge is 2.45. The lowest BCUT2D eigenvalue weighted by atomic mass is 9.91. The van der Waals surface area contributed by atoms with Gasteiger partial charge >= 0.3 is 6.09 Å². The number of aliphatic hydroxyl groups is 1. The van der Waals surface area contributed by atoms with Gasteiger partial charge in [0.15, 0.2) is 0 Å². The average molecular weight is 295 g/mol. The number of β-amino-alcohol motifs (C(OH)–C–C–N with tert-alkyl or cyclic N) is 1. The quantitative estimate of drug-likeness (QED) is 0.822. The van der Waals surface area contributed by atoms with Crippen LogP contribution in [0.5, 0.6) is 0 Å². The zero-order valence-corrected chi connectivity index (χ0v) is 13.1. The topological polar surface area (TPSA) is 85.6 Å². The Hall–Kier alpha value is -1.32. The Balaban J connectivity index is 1.79. The molecule has 6 nitrogen and oxygen atoms in total. The van der Waals surface area contributed by atoms with Gasteiger partial charge in [-0.15, -0.1) is 0 Å². The molecule has 0 bridgehead atoms. The minimum atomic E-state index is -0.842. The molecule has 1 saturated heterocycles. The molecule has 0 aromatic heterocycles. The number of carbonyl (C=O) groups excluding carboxylic acids is 1. The predicted octanol–water partition coefficient (Wildman–Crippen LogP) is 1.39. The van der Waals surface area contributed by atoms with Gasteiger partial charge in [0.1, 0.15) is 11.1 Å². The number of nitriles is 1. The van der Waals surface area contributed by atoms with Crippen LogP contribution in [0.3, 0.4) is 0 Å². The lowest BCUT2D eigenvalue weighted by molar-refractivity contribution is -0.0319. The maximum atomic E-state index is 12.0. The fourth-order valence-corrected chi connectivity index (χ4v) is 2.40. The van der Waals surface area contributed by atoms with Crippen molar-refractivity contribution in [2.45, 2.75) is 63.2 Å². The molecule has 0 unspecified atom stereocenters. The zero-order valence-electron chi connectivity index (χ0n) is 13.1. The van der Waals surface area contributed by atoms with E-state index >= 15 is 0 Å². The van der Waals surface area contributed by atoms with Gasteiger partial charge in [0, 0.05) is 19.6 Å². The van der Waals surface area contributed by atoms with Gasteiger partial charge in [0.25, 0.3) is 0 Å². The summed E-state index contributed by atoms with van der Waals surface area (Å²) in [6, 6.07) is 2.26. The van der Waals surface area contributed by atoms with Crippen LogP contribution >= 0.6 is 0 Å². The number of hydrogen-bond donors (Lipinski definition) is 2. The lowest BCUT2D eigenvalue weighted by Gasteiger charge is -2.39. The van der Waals surface area contributed by atoms with Gasteiger partial charge in [0.05, 0.1) is 11.7 Å². The molecule has 0 aromatic carbocycles. The van der Waals surface area contributed by atoms with Crippen molar-refractivity contribution in [3.63, 3.8) is 0 Å². The van der Waals surface area contributed by atoms with Gasteiger partial charge < -0.3 is 14.7 Å². The number of nitrogens with one attached hydrogen (secondary N) is 1. The Labute approximate surface area is 126 Å². The highest BCUT2D eigenvalue weighted by atomic mass is 16.6. The molecule has 2 rings (SSSR count). The maximum absolute atomic E-state index is 12.0. The molecule has 1 heterocycles. The van der Waals surface area contributed by atoms with E-state index in [1.807, 2.05) is 20.8 Å². The van der Waals surface area contributed by atoms with Crippen LogP contribution < -0.4 is 5.32 Å². The Morgan fingerprint density at radius 2 is 1.90 bits per heavy atom. The van der Waals surface area contributed by atoms with Crippen molar-refractivity contribution in [2.75, 3.05) is 19.6 Å². The van der Waals surface area contributed by atoms with Crippen molar-refractivity contribution in [3.8, 4) is 6.07 Å². The molecule has 0 radical (unpaired) electrons. The number of nitrogens with zero attached hydrogens (tertiary/aromatic N) is 2. The van der Waals surface area contributed by atoms with Crippen LogP contribution in [0.2, 0.25) is 0 Å². The number of hydrogen-bond acceptors (Lipinski definition) is 5. The summed E-state index contributed by atoms with van der Waals surface area (Å²) in [5.41, 5.74) is -1.76. The van der Waals surface area contributed by atoms with Crippen molar-refractivity contribution in [1.29, 1.82) is 5.26 Å². The van der Waals surface area contributed by atoms with Gasteiger partial charge in [-0.25, -0.2) is 4.79 Å². The van der Waals surface area contributed by atoms with E-state index in [1.54, 1.807) is 4.90 Å². The Bertz CT molecular complexity index is 438. The Morgan fingerprint density at radius 3 is 2.33 bits per heavy atom. The van der Waals surface area contributed by atoms with Crippen molar-refractivity contribution < 1.29 is 14.6 Å². The number of piperidine rings is 1. The number of rotatable bonds is 3. The van der Waals surface area contributed by atoms with E-state index in [2.05, 4.69) is 11.4 Å². The molecule has 118 valence electrons. The van der Waals surface area contributed by atoms with Gasteiger partial charge in [0.2, 0.25) is 0 Å². The summed E-state index contributed by atoms with van der Waals surface area (Å²) in [5.74, 6) is 0. The molecule has 21 heavy (non-hydrogen) atoms. The summed E-state index contributed by atoms with van der Waals surface area (Å²) >= 11 is 0. The first kappa shape index (κ1) is 16.1. The Kier molecular flexibility index (Phi) is 4.18. The number of likely N-dealkylation sites (tertiary alicyclic amines) is 1. The van der Waals surface area contributed by atoms with E-state index in [1.165, 1.54) is 0 Å². The minimum absolute atomic E-state index is 0.326. The molecular weight excluding hydrogens is 270 g/mol. The van der Waals surface area contributed by atoms with Crippen molar-refractivity contribution >= 4 is 6.09 Å². The Morgan fingerprint density at radius 1 is 1.33 bits per heavy atom. The summed E-state index contributed by atoms with van der Waals surface area (Å²) in [6.45, 7) is 6.88. The summed E-state index contributed by atoms with van der Waals surface area (Å²) < 4.78 is 5.33. The highest BCUT2D eigenvalue weighted by molar-refractivity contribution is 5.68. The number of carbonyl (C=O) groups is 1. The van der Waals surface area contributed by atoms with Crippen LogP contribution in [-0.4, -0.2) is 52.5 Å². The predicted molar refractivity (Wildman–Crippen MR) is 77.6 cm³/mol. The van der Waals surface area contributed by atoms with Crippen LogP contribution in [0.25, 0.3) is 0 Å². The van der Waals surface area contributed by atoms with E-state index in [0.29, 0.717) is 32.5 Å². The molecule has 1 aliphatic carbocycles. The molecule has 6 heteroatoms. The molecule has 0 atom stereocenters. The van der Waals surface area contributed by atoms with Crippen LogP contribution in [0.4, 0.5) is 4.79 Å². The second-order valence-corrected chi connectivity index (χ2v) is 7.24. The second kappa shape index (κ2) is 5.47. The highest BCUT2D eigenvalue weighted by Crippen LogP contribution is 2.35. The zero-order chi connectivity index (χ0) is 15.7. The fraction of sp³-hybridized carbons (Fsp3) is 0.867. The number of ether oxygens (including phenoxy) is 1. The number of amides is 1. The van der Waals surface area contributed by atoms with E-state index in [0.717, 1.165) is 12.8 Å². The second-order valence-electron chi connectivity index (χ2n) is 7.24. The molecule has 1 saturated carbocycles. The first-order valence-corrected chi connectivity index (χ1v) is 7.54. The lowest BCUT2D eigenvalue weighted by Crippen LogP contribution is -2.53. The molecule has 2 aliphatic rings. The summed E-state index contributed by atoms with van der Waals surface area (Å²) in [4.78, 5) is 13.6. The molecule has 1 aliphatic heterocycles. The van der Waals surface area contributed by atoms with Crippen molar-refractivity contribution in [3.05, 3.63) is 0 Å². The third-order valence-electron chi connectivity index (χ3n) is 4.07. The van der Waals surface area contributed by atoms with E-state index in [9.17, 15) is 9.90 Å². The third-order valence-corrected chi connectivity index (χ3v) is 4.07. The van der Waals surface area contributed by atoms with Gasteiger partial charge in [-0.1, -0.05) is 0 Å². The van der Waals surface area contributed by atoms with E-state index in [-0.39, 0.29) is 6.09 Å². The van der Waals surface area contributed by atoms with Gasteiger partial charge in [-0.2, -0.15) is 5.26 Å². The minimum Gasteiger partial charge on any atom is -0.444 e. The SMILES string of the molecule is CC(C)(C)OC(=O)N1CCC(O)(CNC2(C#N)CC2)CC1. The van der Waals surface area contributed by atoms with Crippen molar-refractivity contribution in [1.82, 2.24) is 10.2 Å². The summed E-state index contributed by atoms with van der Waals surface area (Å²) in [7, 11) is 0. The smallest absolute Gasteiger partial charge is 0.410 e. The third kappa shape index (κ3) is 4.32. The van der Waals surface area contributed by atoms with Crippen LogP contribution in [0, 0.1) is 11.3 Å². The van der Waals surface area contributed by atoms with Crippen LogP contribution in [-0.2, 0) is 4.74 Å². The van der Waals surface area contributed by atoms with E-state index in [4.69, 9.17) is 10.00 Å². The molecule has 0 aromatic rings. The molecule has 2 fully saturated rings. The first-order chi connectivity index (χ1) is 9.67. The monoisotopic (exact) mass is 295 g/mol. The fourth-order valence-electron chi connectivity index (χ4n) is 2.40. The standard InChI is InChI=1S/C15H25N3O3/c1-13(2,3)21-12(19)18-8-6-15(20,7-9-18)11-17-14(10-16)4-5-14/h17,20H,4-9,11H2,1-3H3. The summed E-state index contributed by atoms with van der Waals surface area (Å²) in [6.07, 6.45) is 2.38. The summed E-state index contributed by atoms with van der Waals surface area (Å²) in [5, 5.41) is 22.7. The van der Waals surface area contributed by atoms with Crippen LogP contribution in [0.15, 0.2) is 0 Å². The van der Waals surface area contributed by atoms with Gasteiger partial charge in [-0.3, -0.25) is 5.32 Å². The van der Waals surface area contributed by atoms with Crippen LogP contribution in [0.1, 0.15) is 46.5 Å². The average Bonchev–Trinajstić information content (AvgIpc) is 3.16. The van der Waals surface area contributed by atoms with Gasteiger partial charge in [-0.05, 0) is 46.5 Å². The maximum Gasteiger partial charge on any atom is 0.410 e. The molecular formula is C15H25N3O3. The first-order valence-electron chi connectivity index (χ1n) is 7.54.